The molecule has 0 spiro atoms. The highest BCUT2D eigenvalue weighted by Crippen LogP contribution is 1.97. The summed E-state index contributed by atoms with van der Waals surface area (Å²) in [6.45, 7) is 3.25. The first-order valence-electron chi connectivity index (χ1n) is 3.19. The molecule has 1 N–H and O–H groups in total. The molecule has 0 unspecified atom stereocenters. The first-order valence-corrected chi connectivity index (χ1v) is 3.19. The molecular weight excluding hydrogens is 116 g/mol. The predicted molar refractivity (Wildman–Crippen MR) is 34.1 cm³/mol. The van der Waals surface area contributed by atoms with Crippen LogP contribution in [0.5, 0.6) is 0 Å². The minimum Gasteiger partial charge on any atom is -0.352 e. The van der Waals surface area contributed by atoms with Gasteiger partial charge in [0.2, 0.25) is 5.91 Å². The van der Waals surface area contributed by atoms with Crippen LogP contribution >= 0.6 is 0 Å². The lowest BCUT2D eigenvalue weighted by atomic mass is 10.3. The van der Waals surface area contributed by atoms with Crippen LogP contribution in [0.1, 0.15) is 13.3 Å². The lowest BCUT2D eigenvalue weighted by Gasteiger charge is -2.06. The predicted octanol–water partition coefficient (Wildman–Crippen LogP) is -0.501. The summed E-state index contributed by atoms with van der Waals surface area (Å²) < 4.78 is 0. The number of carbonyl (C=O) groups excluding carboxylic acids is 1. The summed E-state index contributed by atoms with van der Waals surface area (Å²) >= 11 is 0. The lowest BCUT2D eigenvalue weighted by Crippen LogP contribution is -2.33. The molecule has 1 aliphatic heterocycles. The lowest BCUT2D eigenvalue weighted by molar-refractivity contribution is -0.119. The quantitative estimate of drug-likeness (QED) is 0.507. The fourth-order valence-corrected chi connectivity index (χ4v) is 0.991. The van der Waals surface area contributed by atoms with E-state index in [1.807, 2.05) is 0 Å². The van der Waals surface area contributed by atoms with Gasteiger partial charge in [-0.3, -0.25) is 4.79 Å². The number of rotatable bonds is 1. The molecule has 0 aromatic heterocycles. The van der Waals surface area contributed by atoms with E-state index in [0.717, 1.165) is 19.5 Å². The smallest absolute Gasteiger partial charge is 0.217 e. The zero-order chi connectivity index (χ0) is 6.69. The third-order valence-corrected chi connectivity index (χ3v) is 1.39. The summed E-state index contributed by atoms with van der Waals surface area (Å²) in [6.07, 6.45) is 1.01. The van der Waals surface area contributed by atoms with E-state index in [9.17, 15) is 4.79 Å². The molecule has 51 valence electrons. The molecule has 1 aliphatic rings. The van der Waals surface area contributed by atoms with Crippen molar-refractivity contribution in [2.75, 3.05) is 13.1 Å². The Morgan fingerprint density at radius 3 is 3.00 bits per heavy atom. The van der Waals surface area contributed by atoms with Crippen LogP contribution in [0.4, 0.5) is 0 Å². The second-order valence-corrected chi connectivity index (χ2v) is 2.32. The fraction of sp³-hybridized carbons (Fsp3) is 0.833. The van der Waals surface area contributed by atoms with Crippen LogP contribution in [0.15, 0.2) is 0 Å². The van der Waals surface area contributed by atoms with Gasteiger partial charge in [0, 0.05) is 26.1 Å². The molecule has 1 rings (SSSR count). The Balaban J connectivity index is 2.19. The third-order valence-electron chi connectivity index (χ3n) is 1.39. The van der Waals surface area contributed by atoms with E-state index < -0.39 is 0 Å². The average Bonchev–Trinajstić information content (AvgIpc) is 2.15. The molecule has 0 aliphatic carbocycles. The SMILES string of the molecule is CC(=O)N[C@@H]1CC[N]C1. The number of amides is 1. The Bertz CT molecular complexity index is 108. The van der Waals surface area contributed by atoms with Gasteiger partial charge in [-0.25, -0.2) is 5.32 Å². The molecule has 0 saturated carbocycles. The molecule has 1 atom stereocenters. The van der Waals surface area contributed by atoms with Crippen molar-refractivity contribution in [1.82, 2.24) is 10.6 Å². The van der Waals surface area contributed by atoms with E-state index in [1.165, 1.54) is 0 Å². The molecule has 3 nitrogen and oxygen atoms in total. The molecule has 0 aromatic rings. The summed E-state index contributed by atoms with van der Waals surface area (Å²) in [5.74, 6) is 0.0529. The summed E-state index contributed by atoms with van der Waals surface area (Å²) in [6, 6.07) is 0.322. The Hall–Kier alpha value is -0.570. The summed E-state index contributed by atoms with van der Waals surface area (Å²) in [4.78, 5) is 10.4. The van der Waals surface area contributed by atoms with E-state index in [2.05, 4.69) is 10.6 Å². The Labute approximate surface area is 54.8 Å². The van der Waals surface area contributed by atoms with Gasteiger partial charge in [-0.2, -0.15) is 0 Å². The average molecular weight is 127 g/mol. The third kappa shape index (κ3) is 2.01. The molecule has 1 saturated heterocycles. The first kappa shape index (κ1) is 6.55. The number of carbonyl (C=O) groups is 1. The molecule has 1 radical (unpaired) electrons. The Kier molecular flexibility index (Phi) is 2.05. The van der Waals surface area contributed by atoms with Gasteiger partial charge in [0.05, 0.1) is 0 Å². The molecular formula is C6H11N2O. The largest absolute Gasteiger partial charge is 0.352 e. The maximum atomic E-state index is 10.4. The van der Waals surface area contributed by atoms with Crippen molar-refractivity contribution in [3.05, 3.63) is 0 Å². The van der Waals surface area contributed by atoms with Gasteiger partial charge in [-0.1, -0.05) is 0 Å². The molecule has 3 heteroatoms. The van der Waals surface area contributed by atoms with Crippen molar-refractivity contribution in [2.45, 2.75) is 19.4 Å². The van der Waals surface area contributed by atoms with Gasteiger partial charge in [0.1, 0.15) is 0 Å². The Morgan fingerprint density at radius 2 is 2.56 bits per heavy atom. The molecule has 1 heterocycles. The van der Waals surface area contributed by atoms with Crippen molar-refractivity contribution in [2.24, 2.45) is 0 Å². The molecule has 1 fully saturated rings. The second-order valence-electron chi connectivity index (χ2n) is 2.32. The van der Waals surface area contributed by atoms with Crippen LogP contribution in [-0.2, 0) is 4.79 Å². The number of nitrogens with one attached hydrogen (secondary N) is 1. The van der Waals surface area contributed by atoms with E-state index in [0.29, 0.717) is 6.04 Å². The minimum atomic E-state index is 0.0529. The maximum Gasteiger partial charge on any atom is 0.217 e. The van der Waals surface area contributed by atoms with Crippen molar-refractivity contribution in [3.63, 3.8) is 0 Å². The zero-order valence-electron chi connectivity index (χ0n) is 5.55. The van der Waals surface area contributed by atoms with Gasteiger partial charge in [-0.15, -0.1) is 0 Å². The van der Waals surface area contributed by atoms with Gasteiger partial charge in [0.15, 0.2) is 0 Å². The molecule has 9 heavy (non-hydrogen) atoms. The molecule has 0 aromatic carbocycles. The van der Waals surface area contributed by atoms with E-state index in [-0.39, 0.29) is 5.91 Å². The highest BCUT2D eigenvalue weighted by Gasteiger charge is 2.14. The topological polar surface area (TPSA) is 43.2 Å². The van der Waals surface area contributed by atoms with Crippen molar-refractivity contribution < 1.29 is 4.79 Å². The van der Waals surface area contributed by atoms with E-state index >= 15 is 0 Å². The summed E-state index contributed by atoms with van der Waals surface area (Å²) in [5.41, 5.74) is 0. The van der Waals surface area contributed by atoms with Crippen LogP contribution in [-0.4, -0.2) is 25.0 Å². The van der Waals surface area contributed by atoms with Gasteiger partial charge in [-0.05, 0) is 6.42 Å². The maximum absolute atomic E-state index is 10.4. The van der Waals surface area contributed by atoms with Gasteiger partial charge >= 0.3 is 0 Å². The Morgan fingerprint density at radius 1 is 1.78 bits per heavy atom. The van der Waals surface area contributed by atoms with Crippen molar-refractivity contribution in [3.8, 4) is 0 Å². The first-order chi connectivity index (χ1) is 4.29. The summed E-state index contributed by atoms with van der Waals surface area (Å²) in [5, 5.41) is 6.91. The van der Waals surface area contributed by atoms with Crippen LogP contribution in [0, 0.1) is 0 Å². The minimum absolute atomic E-state index is 0.0529. The van der Waals surface area contributed by atoms with Crippen LogP contribution < -0.4 is 10.6 Å². The van der Waals surface area contributed by atoms with Crippen LogP contribution in [0.2, 0.25) is 0 Å². The zero-order valence-corrected chi connectivity index (χ0v) is 5.55. The summed E-state index contributed by atoms with van der Waals surface area (Å²) in [7, 11) is 0. The van der Waals surface area contributed by atoms with Crippen LogP contribution in [0.25, 0.3) is 0 Å². The fourth-order valence-electron chi connectivity index (χ4n) is 0.991. The standard InChI is InChI=1S/C6H11N2O/c1-5(9)8-6-2-3-7-4-6/h6H,2-4H2,1H3,(H,8,9)/t6-/m1/s1. The van der Waals surface area contributed by atoms with Crippen LogP contribution in [0.3, 0.4) is 0 Å². The van der Waals surface area contributed by atoms with E-state index in [1.54, 1.807) is 6.92 Å². The monoisotopic (exact) mass is 127 g/mol. The highest BCUT2D eigenvalue weighted by atomic mass is 16.1. The molecule has 0 bridgehead atoms. The highest BCUT2D eigenvalue weighted by molar-refractivity contribution is 5.73. The molecule has 1 amide bonds. The number of nitrogens with zero attached hydrogens (tertiary/aromatic N) is 1. The van der Waals surface area contributed by atoms with Crippen molar-refractivity contribution >= 4 is 5.91 Å². The van der Waals surface area contributed by atoms with Gasteiger partial charge in [0.25, 0.3) is 0 Å². The number of hydrogen-bond donors (Lipinski definition) is 1. The number of hydrogen-bond acceptors (Lipinski definition) is 1. The second kappa shape index (κ2) is 2.82. The normalized spacial score (nSPS) is 26.1. The van der Waals surface area contributed by atoms with Crippen molar-refractivity contribution in [1.29, 1.82) is 0 Å². The van der Waals surface area contributed by atoms with E-state index in [4.69, 9.17) is 0 Å². The van der Waals surface area contributed by atoms with Gasteiger partial charge < -0.3 is 5.32 Å².